The highest BCUT2D eigenvalue weighted by Crippen LogP contribution is 2.29. The van der Waals surface area contributed by atoms with Crippen LogP contribution >= 0.6 is 0 Å². The van der Waals surface area contributed by atoms with Crippen molar-refractivity contribution in [2.24, 2.45) is 0 Å². The molecule has 1 N–H and O–H groups in total. The Kier molecular flexibility index (Phi) is 6.43. The molecule has 0 radical (unpaired) electrons. The van der Waals surface area contributed by atoms with Crippen LogP contribution in [0.5, 0.6) is 11.5 Å². The molecule has 1 unspecified atom stereocenters. The van der Waals surface area contributed by atoms with Crippen molar-refractivity contribution in [1.29, 1.82) is 0 Å². The molecule has 1 aliphatic rings. The zero-order chi connectivity index (χ0) is 21.7. The number of ether oxygens (including phenoxy) is 2. The number of nitrogens with zero attached hydrogens (tertiary/aromatic N) is 2. The number of hydrogen-bond acceptors (Lipinski definition) is 5. The van der Waals surface area contributed by atoms with Gasteiger partial charge in [0.15, 0.2) is 11.9 Å². The Morgan fingerprint density at radius 2 is 1.93 bits per heavy atom. The van der Waals surface area contributed by atoms with Gasteiger partial charge in [0.05, 0.1) is 5.69 Å². The predicted molar refractivity (Wildman–Crippen MR) is 102 cm³/mol. The SMILES string of the molecule is CCCCC(Oc1ccc(OC(F)(F)F)cc1)C(=O)N1CC(=O)Nc2cccnc21. The molecule has 10 heteroatoms. The van der Waals surface area contributed by atoms with Crippen molar-refractivity contribution >= 4 is 23.3 Å². The Bertz CT molecular complexity index is 903. The number of pyridine rings is 1. The first-order valence-corrected chi connectivity index (χ1v) is 9.35. The molecule has 0 fully saturated rings. The van der Waals surface area contributed by atoms with Gasteiger partial charge in [-0.2, -0.15) is 0 Å². The van der Waals surface area contributed by atoms with Crippen LogP contribution in [0.25, 0.3) is 0 Å². The summed E-state index contributed by atoms with van der Waals surface area (Å²) < 4.78 is 46.6. The quantitative estimate of drug-likeness (QED) is 0.731. The highest BCUT2D eigenvalue weighted by atomic mass is 19.4. The van der Waals surface area contributed by atoms with Crippen LogP contribution in [-0.4, -0.2) is 35.8 Å². The van der Waals surface area contributed by atoms with Gasteiger partial charge in [0.2, 0.25) is 5.91 Å². The highest BCUT2D eigenvalue weighted by Gasteiger charge is 2.34. The number of aromatic nitrogens is 1. The van der Waals surface area contributed by atoms with Gasteiger partial charge < -0.3 is 14.8 Å². The number of halogens is 3. The summed E-state index contributed by atoms with van der Waals surface area (Å²) in [5, 5.41) is 2.66. The Morgan fingerprint density at radius 1 is 1.23 bits per heavy atom. The number of carbonyl (C=O) groups excluding carboxylic acids is 2. The molecule has 7 nitrogen and oxygen atoms in total. The van der Waals surface area contributed by atoms with Gasteiger partial charge in [0.1, 0.15) is 18.0 Å². The molecule has 160 valence electrons. The van der Waals surface area contributed by atoms with E-state index in [1.54, 1.807) is 12.1 Å². The van der Waals surface area contributed by atoms with Crippen molar-refractivity contribution < 1.29 is 32.2 Å². The fraction of sp³-hybridized carbons (Fsp3) is 0.350. The third-order valence-corrected chi connectivity index (χ3v) is 4.32. The van der Waals surface area contributed by atoms with Crippen molar-refractivity contribution in [1.82, 2.24) is 4.98 Å². The predicted octanol–water partition coefficient (Wildman–Crippen LogP) is 3.90. The Hall–Kier alpha value is -3.30. The minimum Gasteiger partial charge on any atom is -0.481 e. The molecular weight excluding hydrogens is 403 g/mol. The van der Waals surface area contributed by atoms with E-state index in [0.29, 0.717) is 24.3 Å². The van der Waals surface area contributed by atoms with E-state index in [4.69, 9.17) is 4.74 Å². The molecule has 1 aliphatic heterocycles. The molecule has 1 aromatic heterocycles. The lowest BCUT2D eigenvalue weighted by molar-refractivity contribution is -0.274. The summed E-state index contributed by atoms with van der Waals surface area (Å²) in [5.74, 6) is -0.666. The molecule has 1 atom stereocenters. The van der Waals surface area contributed by atoms with Crippen LogP contribution in [-0.2, 0) is 9.59 Å². The number of fused-ring (bicyclic) bond motifs is 1. The van der Waals surface area contributed by atoms with E-state index in [-0.39, 0.29) is 18.2 Å². The van der Waals surface area contributed by atoms with E-state index in [0.717, 1.165) is 18.6 Å². The van der Waals surface area contributed by atoms with Crippen molar-refractivity contribution in [3.8, 4) is 11.5 Å². The van der Waals surface area contributed by atoms with Crippen LogP contribution in [0.2, 0.25) is 0 Å². The highest BCUT2D eigenvalue weighted by molar-refractivity contribution is 6.10. The Balaban J connectivity index is 1.79. The molecule has 0 saturated carbocycles. The standard InChI is InChI=1S/C20H20F3N3O4/c1-2-3-6-16(29-13-7-9-14(10-8-13)30-20(21,22)23)19(28)26-12-17(27)25-15-5-4-11-24-18(15)26/h4-5,7-11,16H,2-3,6,12H2,1H3,(H,25,27). The molecule has 0 saturated heterocycles. The number of benzene rings is 1. The van der Waals surface area contributed by atoms with Crippen LogP contribution in [0, 0.1) is 0 Å². The Morgan fingerprint density at radius 3 is 2.60 bits per heavy atom. The smallest absolute Gasteiger partial charge is 0.481 e. The fourth-order valence-corrected chi connectivity index (χ4v) is 2.98. The molecule has 2 aromatic rings. The van der Waals surface area contributed by atoms with Crippen molar-refractivity contribution in [2.45, 2.75) is 38.7 Å². The summed E-state index contributed by atoms with van der Waals surface area (Å²) in [7, 11) is 0. The number of alkyl halides is 3. The monoisotopic (exact) mass is 423 g/mol. The first-order chi connectivity index (χ1) is 14.3. The van der Waals surface area contributed by atoms with Crippen molar-refractivity contribution in [2.75, 3.05) is 16.8 Å². The van der Waals surface area contributed by atoms with Crippen molar-refractivity contribution in [3.05, 3.63) is 42.6 Å². The first-order valence-electron chi connectivity index (χ1n) is 9.35. The average Bonchev–Trinajstić information content (AvgIpc) is 2.70. The summed E-state index contributed by atoms with van der Waals surface area (Å²) in [4.78, 5) is 30.6. The zero-order valence-corrected chi connectivity index (χ0v) is 16.1. The normalized spacial score (nSPS) is 14.5. The second kappa shape index (κ2) is 9.02. The maximum atomic E-state index is 13.2. The van der Waals surface area contributed by atoms with Crippen LogP contribution in [0.3, 0.4) is 0 Å². The zero-order valence-electron chi connectivity index (χ0n) is 16.1. The number of nitrogens with one attached hydrogen (secondary N) is 1. The lowest BCUT2D eigenvalue weighted by Crippen LogP contribution is -2.48. The van der Waals surface area contributed by atoms with Gasteiger partial charge in [-0.05, 0) is 49.2 Å². The molecule has 0 spiro atoms. The van der Waals surface area contributed by atoms with Gasteiger partial charge in [0.25, 0.3) is 5.91 Å². The van der Waals surface area contributed by atoms with Gasteiger partial charge in [-0.3, -0.25) is 14.5 Å². The van der Waals surface area contributed by atoms with Gasteiger partial charge >= 0.3 is 6.36 Å². The number of hydrogen-bond donors (Lipinski definition) is 1. The van der Waals surface area contributed by atoms with Gasteiger partial charge in [0, 0.05) is 6.20 Å². The average molecular weight is 423 g/mol. The topological polar surface area (TPSA) is 80.8 Å². The number of anilines is 2. The van der Waals surface area contributed by atoms with Gasteiger partial charge in [-0.25, -0.2) is 4.98 Å². The van der Waals surface area contributed by atoms with E-state index in [2.05, 4.69) is 15.0 Å². The first kappa shape index (κ1) is 21.4. The second-order valence-corrected chi connectivity index (χ2v) is 6.62. The summed E-state index contributed by atoms with van der Waals surface area (Å²) in [6.45, 7) is 1.75. The van der Waals surface area contributed by atoms with E-state index < -0.39 is 24.1 Å². The van der Waals surface area contributed by atoms with Crippen molar-refractivity contribution in [3.63, 3.8) is 0 Å². The molecule has 2 heterocycles. The minimum absolute atomic E-state index is 0.201. The summed E-state index contributed by atoms with van der Waals surface area (Å²) in [5.41, 5.74) is 0.421. The Labute approximate surface area is 170 Å². The second-order valence-electron chi connectivity index (χ2n) is 6.62. The van der Waals surface area contributed by atoms with E-state index in [1.807, 2.05) is 6.92 Å². The lowest BCUT2D eigenvalue weighted by atomic mass is 10.1. The van der Waals surface area contributed by atoms with E-state index in [1.165, 1.54) is 23.2 Å². The lowest BCUT2D eigenvalue weighted by Gasteiger charge is -2.31. The molecule has 0 bridgehead atoms. The van der Waals surface area contributed by atoms with Crippen LogP contribution in [0.4, 0.5) is 24.7 Å². The molecule has 2 amide bonds. The number of amides is 2. The van der Waals surface area contributed by atoms with Gasteiger partial charge in [-0.15, -0.1) is 13.2 Å². The van der Waals surface area contributed by atoms with E-state index >= 15 is 0 Å². The summed E-state index contributed by atoms with van der Waals surface area (Å²) in [6.07, 6.45) is -2.35. The molecule has 0 aliphatic carbocycles. The summed E-state index contributed by atoms with van der Waals surface area (Å²) in [6, 6.07) is 8.08. The third-order valence-electron chi connectivity index (χ3n) is 4.32. The number of carbonyl (C=O) groups is 2. The number of unbranched alkanes of at least 4 members (excludes halogenated alkanes) is 1. The molecule has 3 rings (SSSR count). The molecule has 1 aromatic carbocycles. The minimum atomic E-state index is -4.79. The maximum Gasteiger partial charge on any atom is 0.573 e. The van der Waals surface area contributed by atoms with Crippen LogP contribution in [0.15, 0.2) is 42.6 Å². The maximum absolute atomic E-state index is 13.2. The number of rotatable bonds is 7. The summed E-state index contributed by atoms with van der Waals surface area (Å²) >= 11 is 0. The van der Waals surface area contributed by atoms with Crippen LogP contribution in [0.1, 0.15) is 26.2 Å². The molecule has 30 heavy (non-hydrogen) atoms. The fourth-order valence-electron chi connectivity index (χ4n) is 2.98. The molecular formula is C20H20F3N3O4. The van der Waals surface area contributed by atoms with E-state index in [9.17, 15) is 22.8 Å². The largest absolute Gasteiger partial charge is 0.573 e. The third kappa shape index (κ3) is 5.40. The van der Waals surface area contributed by atoms with Crippen LogP contribution < -0.4 is 19.7 Å². The van der Waals surface area contributed by atoms with Gasteiger partial charge in [-0.1, -0.05) is 13.3 Å².